The van der Waals surface area contributed by atoms with Crippen molar-refractivity contribution in [3.8, 4) is 0 Å². The third kappa shape index (κ3) is 2.03. The van der Waals surface area contributed by atoms with Crippen LogP contribution in [0, 0.1) is 5.82 Å². The number of rotatable bonds is 3. The van der Waals surface area contributed by atoms with Crippen molar-refractivity contribution in [3.63, 3.8) is 0 Å². The minimum Gasteiger partial charge on any atom is -0.383 e. The van der Waals surface area contributed by atoms with Crippen LogP contribution in [0.1, 0.15) is 31.0 Å². The van der Waals surface area contributed by atoms with Gasteiger partial charge < -0.3 is 5.73 Å². The van der Waals surface area contributed by atoms with Crippen molar-refractivity contribution in [3.05, 3.63) is 41.3 Å². The molecule has 104 valence electrons. The first-order chi connectivity index (χ1) is 9.56. The van der Waals surface area contributed by atoms with Gasteiger partial charge in [-0.3, -0.25) is 5.10 Å². The molecule has 0 spiro atoms. The van der Waals surface area contributed by atoms with Crippen molar-refractivity contribution >= 4 is 16.9 Å². The fourth-order valence-electron chi connectivity index (χ4n) is 2.29. The highest BCUT2D eigenvalue weighted by molar-refractivity contribution is 5.89. The molecule has 5 nitrogen and oxygen atoms in total. The molecule has 0 fully saturated rings. The predicted octanol–water partition coefficient (Wildman–Crippen LogP) is 2.65. The van der Waals surface area contributed by atoms with Gasteiger partial charge in [-0.2, -0.15) is 10.2 Å². The lowest BCUT2D eigenvalue weighted by Crippen LogP contribution is -2.04. The van der Waals surface area contributed by atoms with Gasteiger partial charge in [0.15, 0.2) is 5.65 Å². The molecule has 0 aliphatic rings. The molecule has 3 aromatic rings. The number of nitrogens with zero attached hydrogens (tertiary/aromatic N) is 3. The summed E-state index contributed by atoms with van der Waals surface area (Å²) in [4.78, 5) is 0. The van der Waals surface area contributed by atoms with E-state index in [4.69, 9.17) is 5.73 Å². The Morgan fingerprint density at radius 1 is 1.30 bits per heavy atom. The number of hydrogen-bond acceptors (Lipinski definition) is 3. The van der Waals surface area contributed by atoms with E-state index < -0.39 is 0 Å². The molecular weight excluding hydrogens is 257 g/mol. The van der Waals surface area contributed by atoms with E-state index in [1.54, 1.807) is 16.8 Å². The normalized spacial score (nSPS) is 11.6. The van der Waals surface area contributed by atoms with Crippen LogP contribution in [0.5, 0.6) is 0 Å². The van der Waals surface area contributed by atoms with E-state index in [1.807, 2.05) is 0 Å². The van der Waals surface area contributed by atoms with Crippen LogP contribution < -0.4 is 5.73 Å². The smallest absolute Gasteiger partial charge is 0.182 e. The van der Waals surface area contributed by atoms with Crippen LogP contribution in [-0.4, -0.2) is 20.0 Å². The number of nitrogens with one attached hydrogen (secondary N) is 1. The SMILES string of the molecule is CC(C)c1nn(Cc2ccc(F)cc2)c2n[nH]c(N)c12. The minimum absolute atomic E-state index is 0.244. The summed E-state index contributed by atoms with van der Waals surface area (Å²) >= 11 is 0. The summed E-state index contributed by atoms with van der Waals surface area (Å²) in [5, 5.41) is 12.5. The van der Waals surface area contributed by atoms with E-state index in [-0.39, 0.29) is 11.7 Å². The van der Waals surface area contributed by atoms with Crippen LogP contribution in [0.2, 0.25) is 0 Å². The van der Waals surface area contributed by atoms with Crippen molar-refractivity contribution in [1.29, 1.82) is 0 Å². The van der Waals surface area contributed by atoms with Crippen LogP contribution >= 0.6 is 0 Å². The number of benzene rings is 1. The Morgan fingerprint density at radius 3 is 2.65 bits per heavy atom. The molecule has 0 atom stereocenters. The molecule has 0 aliphatic heterocycles. The van der Waals surface area contributed by atoms with E-state index in [9.17, 15) is 4.39 Å². The Balaban J connectivity index is 2.05. The molecule has 6 heteroatoms. The topological polar surface area (TPSA) is 72.5 Å². The highest BCUT2D eigenvalue weighted by atomic mass is 19.1. The molecule has 20 heavy (non-hydrogen) atoms. The first kappa shape index (κ1) is 12.7. The van der Waals surface area contributed by atoms with E-state index in [2.05, 4.69) is 29.1 Å². The van der Waals surface area contributed by atoms with Crippen molar-refractivity contribution in [1.82, 2.24) is 20.0 Å². The van der Waals surface area contributed by atoms with E-state index in [0.29, 0.717) is 12.4 Å². The Hall–Kier alpha value is -2.37. The number of hydrogen-bond donors (Lipinski definition) is 2. The lowest BCUT2D eigenvalue weighted by molar-refractivity contribution is 0.624. The average Bonchev–Trinajstić information content (AvgIpc) is 2.95. The van der Waals surface area contributed by atoms with Gasteiger partial charge in [0.25, 0.3) is 0 Å². The highest BCUT2D eigenvalue weighted by Gasteiger charge is 2.18. The zero-order chi connectivity index (χ0) is 14.3. The van der Waals surface area contributed by atoms with Gasteiger partial charge in [-0.05, 0) is 23.6 Å². The minimum atomic E-state index is -0.244. The van der Waals surface area contributed by atoms with Crippen molar-refractivity contribution in [2.45, 2.75) is 26.3 Å². The largest absolute Gasteiger partial charge is 0.383 e. The highest BCUT2D eigenvalue weighted by Crippen LogP contribution is 2.28. The molecule has 0 radical (unpaired) electrons. The van der Waals surface area contributed by atoms with Crippen molar-refractivity contribution in [2.24, 2.45) is 0 Å². The summed E-state index contributed by atoms with van der Waals surface area (Å²) in [6, 6.07) is 6.37. The summed E-state index contributed by atoms with van der Waals surface area (Å²) in [5.41, 5.74) is 8.54. The summed E-state index contributed by atoms with van der Waals surface area (Å²) in [7, 11) is 0. The lowest BCUT2D eigenvalue weighted by atomic mass is 10.1. The number of aromatic amines is 1. The van der Waals surface area contributed by atoms with E-state index >= 15 is 0 Å². The van der Waals surface area contributed by atoms with Crippen LogP contribution in [0.3, 0.4) is 0 Å². The molecular formula is C14H16FN5. The Kier molecular flexibility index (Phi) is 2.93. The number of anilines is 1. The molecule has 3 N–H and O–H groups in total. The van der Waals surface area contributed by atoms with Crippen molar-refractivity contribution < 1.29 is 4.39 Å². The maximum absolute atomic E-state index is 12.9. The van der Waals surface area contributed by atoms with Crippen LogP contribution in [0.25, 0.3) is 11.0 Å². The van der Waals surface area contributed by atoms with Gasteiger partial charge in [-0.25, -0.2) is 9.07 Å². The Labute approximate surface area is 115 Å². The monoisotopic (exact) mass is 273 g/mol. The molecule has 0 bridgehead atoms. The molecule has 0 saturated carbocycles. The molecule has 1 aromatic carbocycles. The Bertz CT molecular complexity index is 739. The quantitative estimate of drug-likeness (QED) is 0.770. The standard InChI is InChI=1S/C14H16FN5/c1-8(2)12-11-13(16)17-18-14(11)20(19-12)7-9-3-5-10(15)6-4-9/h3-6,8H,7H2,1-2H3,(H3,16,17,18). The van der Waals surface area contributed by atoms with E-state index in [1.165, 1.54) is 12.1 Å². The van der Waals surface area contributed by atoms with Gasteiger partial charge in [-0.15, -0.1) is 0 Å². The number of nitrogens with two attached hydrogens (primary N) is 1. The summed E-state index contributed by atoms with van der Waals surface area (Å²) in [6.45, 7) is 4.67. The van der Waals surface area contributed by atoms with Gasteiger partial charge in [0.1, 0.15) is 11.6 Å². The first-order valence-corrected chi connectivity index (χ1v) is 6.51. The number of H-pyrrole nitrogens is 1. The third-order valence-electron chi connectivity index (χ3n) is 3.30. The predicted molar refractivity (Wildman–Crippen MR) is 75.9 cm³/mol. The van der Waals surface area contributed by atoms with Gasteiger partial charge in [0.05, 0.1) is 17.6 Å². The van der Waals surface area contributed by atoms with Gasteiger partial charge in [0.2, 0.25) is 0 Å². The number of halogens is 1. The van der Waals surface area contributed by atoms with Crippen molar-refractivity contribution in [2.75, 3.05) is 5.73 Å². The van der Waals surface area contributed by atoms with Gasteiger partial charge in [-0.1, -0.05) is 26.0 Å². The maximum Gasteiger partial charge on any atom is 0.182 e. The first-order valence-electron chi connectivity index (χ1n) is 6.51. The zero-order valence-corrected chi connectivity index (χ0v) is 11.4. The summed E-state index contributed by atoms with van der Waals surface area (Å²) in [6.07, 6.45) is 0. The van der Waals surface area contributed by atoms with Crippen LogP contribution in [0.15, 0.2) is 24.3 Å². The zero-order valence-electron chi connectivity index (χ0n) is 11.4. The number of nitrogen functional groups attached to an aromatic ring is 1. The van der Waals surface area contributed by atoms with Crippen LogP contribution in [-0.2, 0) is 6.54 Å². The lowest BCUT2D eigenvalue weighted by Gasteiger charge is -2.03. The average molecular weight is 273 g/mol. The Morgan fingerprint density at radius 2 is 2.00 bits per heavy atom. The molecule has 2 aromatic heterocycles. The van der Waals surface area contributed by atoms with Crippen LogP contribution in [0.4, 0.5) is 10.2 Å². The molecule has 3 rings (SSSR count). The molecule has 0 amide bonds. The summed E-state index contributed by atoms with van der Waals surface area (Å²) < 4.78 is 14.7. The second kappa shape index (κ2) is 4.63. The van der Waals surface area contributed by atoms with Gasteiger partial charge in [0, 0.05) is 0 Å². The second-order valence-electron chi connectivity index (χ2n) is 5.16. The second-order valence-corrected chi connectivity index (χ2v) is 5.16. The third-order valence-corrected chi connectivity index (χ3v) is 3.30. The molecule has 0 unspecified atom stereocenters. The fraction of sp³-hybridized carbons (Fsp3) is 0.286. The molecule has 0 aliphatic carbocycles. The fourth-order valence-corrected chi connectivity index (χ4v) is 2.29. The van der Waals surface area contributed by atoms with E-state index in [0.717, 1.165) is 22.3 Å². The number of aromatic nitrogens is 4. The molecule has 2 heterocycles. The summed E-state index contributed by atoms with van der Waals surface area (Å²) in [5.74, 6) is 0.548. The van der Waals surface area contributed by atoms with Gasteiger partial charge >= 0.3 is 0 Å². The molecule has 0 saturated heterocycles. The maximum atomic E-state index is 12.9. The number of fused-ring (bicyclic) bond motifs is 1.